The van der Waals surface area contributed by atoms with Gasteiger partial charge in [0.1, 0.15) is 5.82 Å². The fourth-order valence-electron chi connectivity index (χ4n) is 4.31. The Morgan fingerprint density at radius 2 is 2.07 bits per heavy atom. The molecular formula is C20H28N6O. The van der Waals surface area contributed by atoms with E-state index in [0.717, 1.165) is 43.2 Å². The minimum Gasteiger partial charge on any atom is -0.355 e. The van der Waals surface area contributed by atoms with Gasteiger partial charge in [-0.25, -0.2) is 4.98 Å². The highest BCUT2D eigenvalue weighted by Gasteiger charge is 2.27. The van der Waals surface area contributed by atoms with Crippen molar-refractivity contribution in [3.63, 3.8) is 0 Å². The molecule has 2 aromatic heterocycles. The summed E-state index contributed by atoms with van der Waals surface area (Å²) in [5.74, 6) is 2.21. The predicted octanol–water partition coefficient (Wildman–Crippen LogP) is 3.18. The number of piperidine rings is 1. The van der Waals surface area contributed by atoms with E-state index in [1.54, 1.807) is 18.6 Å². The van der Waals surface area contributed by atoms with Crippen LogP contribution in [-0.4, -0.2) is 39.2 Å². The summed E-state index contributed by atoms with van der Waals surface area (Å²) in [7, 11) is 0. The molecule has 1 amide bonds. The number of nitrogens with one attached hydrogen (secondary N) is 2. The summed E-state index contributed by atoms with van der Waals surface area (Å²) >= 11 is 0. The van der Waals surface area contributed by atoms with E-state index in [9.17, 15) is 4.79 Å². The van der Waals surface area contributed by atoms with Gasteiger partial charge >= 0.3 is 0 Å². The summed E-state index contributed by atoms with van der Waals surface area (Å²) in [5, 5.41) is 10.4. The van der Waals surface area contributed by atoms with Crippen LogP contribution >= 0.6 is 0 Å². The third kappa shape index (κ3) is 4.64. The lowest BCUT2D eigenvalue weighted by Crippen LogP contribution is -2.41. The summed E-state index contributed by atoms with van der Waals surface area (Å²) < 4.78 is 0. The van der Waals surface area contributed by atoms with Crippen molar-refractivity contribution >= 4 is 17.5 Å². The van der Waals surface area contributed by atoms with Crippen molar-refractivity contribution in [3.05, 3.63) is 30.4 Å². The molecule has 0 bridgehead atoms. The standard InChI is InChI=1S/C20H28N6O/c27-20(16-7-4-10-26(14-16)19-13-21-8-9-22-19)23-18-12-17(24-25-18)11-15-5-2-1-3-6-15/h8-9,12-13,15-16H,1-7,10-11,14H2,(H2,23,24,25,27). The van der Waals surface area contributed by atoms with Crippen LogP contribution in [0.4, 0.5) is 11.6 Å². The van der Waals surface area contributed by atoms with Crippen LogP contribution in [0.25, 0.3) is 0 Å². The van der Waals surface area contributed by atoms with Crippen LogP contribution in [0.15, 0.2) is 24.7 Å². The number of H-pyrrole nitrogens is 1. The number of aromatic nitrogens is 4. The molecule has 1 atom stereocenters. The number of hydrogen-bond acceptors (Lipinski definition) is 5. The van der Waals surface area contributed by atoms with Gasteiger partial charge in [0.15, 0.2) is 5.82 Å². The predicted molar refractivity (Wildman–Crippen MR) is 104 cm³/mol. The van der Waals surface area contributed by atoms with Crippen molar-refractivity contribution in [2.75, 3.05) is 23.3 Å². The van der Waals surface area contributed by atoms with Crippen LogP contribution in [0.2, 0.25) is 0 Å². The van der Waals surface area contributed by atoms with Gasteiger partial charge < -0.3 is 10.2 Å². The van der Waals surface area contributed by atoms with Crippen molar-refractivity contribution in [2.24, 2.45) is 11.8 Å². The number of anilines is 2. The molecule has 2 aromatic rings. The van der Waals surface area contributed by atoms with Crippen molar-refractivity contribution in [2.45, 2.75) is 51.4 Å². The number of amides is 1. The molecular weight excluding hydrogens is 340 g/mol. The van der Waals surface area contributed by atoms with Gasteiger partial charge in [-0.05, 0) is 25.2 Å². The fraction of sp³-hybridized carbons (Fsp3) is 0.600. The van der Waals surface area contributed by atoms with Crippen LogP contribution in [0.1, 0.15) is 50.6 Å². The molecule has 1 saturated carbocycles. The van der Waals surface area contributed by atoms with E-state index in [4.69, 9.17) is 0 Å². The van der Waals surface area contributed by atoms with Gasteiger partial charge in [0, 0.05) is 37.2 Å². The number of aromatic amines is 1. The Morgan fingerprint density at radius 3 is 2.89 bits per heavy atom. The van der Waals surface area contributed by atoms with Gasteiger partial charge in [0.2, 0.25) is 5.91 Å². The SMILES string of the molecule is O=C(Nc1cc(CC2CCCCC2)[nH]n1)C1CCCN(c2cnccn2)C1. The zero-order chi connectivity index (χ0) is 18.5. The molecule has 1 saturated heterocycles. The Labute approximate surface area is 160 Å². The molecule has 0 radical (unpaired) electrons. The first-order chi connectivity index (χ1) is 13.3. The summed E-state index contributed by atoms with van der Waals surface area (Å²) in [5.41, 5.74) is 1.13. The number of hydrogen-bond donors (Lipinski definition) is 2. The number of carbonyl (C=O) groups excluding carboxylic acids is 1. The topological polar surface area (TPSA) is 86.8 Å². The van der Waals surface area contributed by atoms with E-state index in [2.05, 4.69) is 30.4 Å². The minimum atomic E-state index is -0.0562. The molecule has 7 heteroatoms. The Kier molecular flexibility index (Phi) is 5.65. The molecule has 144 valence electrons. The Hall–Kier alpha value is -2.44. The van der Waals surface area contributed by atoms with Crippen molar-refractivity contribution in [3.8, 4) is 0 Å². The Bertz CT molecular complexity index is 740. The largest absolute Gasteiger partial charge is 0.355 e. The second-order valence-corrected chi connectivity index (χ2v) is 7.82. The zero-order valence-electron chi connectivity index (χ0n) is 15.7. The lowest BCUT2D eigenvalue weighted by Gasteiger charge is -2.32. The molecule has 1 unspecified atom stereocenters. The van der Waals surface area contributed by atoms with Gasteiger partial charge in [-0.15, -0.1) is 0 Å². The van der Waals surface area contributed by atoms with E-state index in [1.807, 2.05) is 6.07 Å². The molecule has 0 aromatic carbocycles. The summed E-state index contributed by atoms with van der Waals surface area (Å²) in [6.45, 7) is 1.58. The van der Waals surface area contributed by atoms with Gasteiger partial charge in [-0.2, -0.15) is 5.10 Å². The van der Waals surface area contributed by atoms with Crippen molar-refractivity contribution in [1.82, 2.24) is 20.2 Å². The fourth-order valence-corrected chi connectivity index (χ4v) is 4.31. The molecule has 1 aliphatic carbocycles. The van der Waals surface area contributed by atoms with Crippen LogP contribution in [0, 0.1) is 11.8 Å². The molecule has 2 N–H and O–H groups in total. The first kappa shape index (κ1) is 17.9. The van der Waals surface area contributed by atoms with Gasteiger partial charge in [0.05, 0.1) is 12.1 Å². The quantitative estimate of drug-likeness (QED) is 0.846. The van der Waals surface area contributed by atoms with Crippen LogP contribution in [0.3, 0.4) is 0 Å². The van der Waals surface area contributed by atoms with Crippen LogP contribution < -0.4 is 10.2 Å². The van der Waals surface area contributed by atoms with Crippen LogP contribution in [0.5, 0.6) is 0 Å². The second-order valence-electron chi connectivity index (χ2n) is 7.82. The lowest BCUT2D eigenvalue weighted by molar-refractivity contribution is -0.120. The van der Waals surface area contributed by atoms with E-state index < -0.39 is 0 Å². The normalized spacial score (nSPS) is 21.2. The molecule has 1 aliphatic heterocycles. The maximum atomic E-state index is 12.7. The third-order valence-electron chi connectivity index (χ3n) is 5.78. The maximum Gasteiger partial charge on any atom is 0.230 e. The summed E-state index contributed by atoms with van der Waals surface area (Å²) in [6, 6.07) is 2.00. The van der Waals surface area contributed by atoms with E-state index >= 15 is 0 Å². The highest BCUT2D eigenvalue weighted by Crippen LogP contribution is 2.27. The lowest BCUT2D eigenvalue weighted by atomic mass is 9.86. The zero-order valence-corrected chi connectivity index (χ0v) is 15.7. The molecule has 7 nitrogen and oxygen atoms in total. The Balaban J connectivity index is 1.32. The maximum absolute atomic E-state index is 12.7. The van der Waals surface area contributed by atoms with E-state index in [-0.39, 0.29) is 11.8 Å². The van der Waals surface area contributed by atoms with Gasteiger partial charge in [-0.3, -0.25) is 14.9 Å². The van der Waals surface area contributed by atoms with Gasteiger partial charge in [0.25, 0.3) is 0 Å². The highest BCUT2D eigenvalue weighted by atomic mass is 16.2. The monoisotopic (exact) mass is 368 g/mol. The molecule has 4 rings (SSSR count). The second kappa shape index (κ2) is 8.50. The highest BCUT2D eigenvalue weighted by molar-refractivity contribution is 5.92. The van der Waals surface area contributed by atoms with E-state index in [0.29, 0.717) is 12.4 Å². The molecule has 2 fully saturated rings. The smallest absolute Gasteiger partial charge is 0.230 e. The van der Waals surface area contributed by atoms with E-state index in [1.165, 1.54) is 32.1 Å². The summed E-state index contributed by atoms with van der Waals surface area (Å²) in [4.78, 5) is 23.3. The van der Waals surface area contributed by atoms with Crippen molar-refractivity contribution < 1.29 is 4.79 Å². The first-order valence-electron chi connectivity index (χ1n) is 10.1. The number of carbonyl (C=O) groups is 1. The first-order valence-corrected chi connectivity index (χ1v) is 10.1. The third-order valence-corrected chi connectivity index (χ3v) is 5.78. The number of rotatable bonds is 5. The number of nitrogens with zero attached hydrogens (tertiary/aromatic N) is 4. The molecule has 27 heavy (non-hydrogen) atoms. The minimum absolute atomic E-state index is 0.0410. The molecule has 3 heterocycles. The average molecular weight is 368 g/mol. The Morgan fingerprint density at radius 1 is 1.19 bits per heavy atom. The van der Waals surface area contributed by atoms with Crippen molar-refractivity contribution in [1.29, 1.82) is 0 Å². The van der Waals surface area contributed by atoms with Crippen LogP contribution in [-0.2, 0) is 11.2 Å². The molecule has 0 spiro atoms. The summed E-state index contributed by atoms with van der Waals surface area (Å²) in [6.07, 6.45) is 14.7. The average Bonchev–Trinajstić information content (AvgIpc) is 3.16. The molecule has 2 aliphatic rings. The van der Waals surface area contributed by atoms with Gasteiger partial charge in [-0.1, -0.05) is 32.1 Å².